The van der Waals surface area contributed by atoms with Gasteiger partial charge in [0, 0.05) is 6.20 Å². The van der Waals surface area contributed by atoms with Crippen LogP contribution in [0.5, 0.6) is 0 Å². The molecule has 1 heterocycles. The first-order chi connectivity index (χ1) is 7.19. The minimum Gasteiger partial charge on any atom is -0.465 e. The lowest BCUT2D eigenvalue weighted by Crippen LogP contribution is -2.11. The Balaban J connectivity index is 3.04. The Morgan fingerprint density at radius 3 is 3.07 bits per heavy atom. The van der Waals surface area contributed by atoms with Gasteiger partial charge in [-0.15, -0.1) is 6.42 Å². The van der Waals surface area contributed by atoms with Gasteiger partial charge in [0.25, 0.3) is 0 Å². The highest BCUT2D eigenvalue weighted by molar-refractivity contribution is 5.94. The lowest BCUT2D eigenvalue weighted by Gasteiger charge is -2.07. The molecule has 15 heavy (non-hydrogen) atoms. The highest BCUT2D eigenvalue weighted by Gasteiger charge is 2.13. The monoisotopic (exact) mass is 205 g/mol. The fourth-order valence-electron chi connectivity index (χ4n) is 0.999. The van der Waals surface area contributed by atoms with Crippen LogP contribution in [0.1, 0.15) is 16.2 Å². The van der Waals surface area contributed by atoms with Gasteiger partial charge in [-0.2, -0.15) is 0 Å². The third-order valence-electron chi connectivity index (χ3n) is 1.67. The number of esters is 1. The Morgan fingerprint density at radius 2 is 2.47 bits per heavy atom. The Bertz CT molecular complexity index is 410. The number of anilines is 1. The number of hydrogen-bond acceptors (Lipinski definition) is 5. The molecule has 0 saturated heterocycles. The highest BCUT2D eigenvalue weighted by atomic mass is 16.5. The minimum absolute atomic E-state index is 0.276. The first kappa shape index (κ1) is 11.0. The summed E-state index contributed by atoms with van der Waals surface area (Å²) in [6.45, 7) is 2.02. The Hall–Kier alpha value is -2.09. The van der Waals surface area contributed by atoms with Crippen LogP contribution in [0.25, 0.3) is 0 Å². The van der Waals surface area contributed by atoms with E-state index in [1.165, 1.54) is 13.3 Å². The smallest absolute Gasteiger partial charge is 0.343 e. The number of carbonyl (C=O) groups is 1. The van der Waals surface area contributed by atoms with Crippen molar-refractivity contribution in [3.8, 4) is 12.3 Å². The van der Waals surface area contributed by atoms with Crippen LogP contribution in [0, 0.1) is 19.3 Å². The number of aromatic nitrogens is 2. The first-order valence-electron chi connectivity index (χ1n) is 4.28. The van der Waals surface area contributed by atoms with E-state index in [2.05, 4.69) is 25.9 Å². The molecule has 0 atom stereocenters. The molecule has 0 bridgehead atoms. The van der Waals surface area contributed by atoms with Crippen molar-refractivity contribution in [2.75, 3.05) is 19.0 Å². The van der Waals surface area contributed by atoms with Crippen molar-refractivity contribution in [3.63, 3.8) is 0 Å². The SMILES string of the molecule is C#CCNc1nc(C)ncc1C(=O)OC. The quantitative estimate of drug-likeness (QED) is 0.578. The maximum atomic E-state index is 11.3. The van der Waals surface area contributed by atoms with E-state index in [1.54, 1.807) is 6.92 Å². The molecule has 5 nitrogen and oxygen atoms in total. The van der Waals surface area contributed by atoms with Gasteiger partial charge in [0.15, 0.2) is 0 Å². The van der Waals surface area contributed by atoms with E-state index in [-0.39, 0.29) is 5.56 Å². The van der Waals surface area contributed by atoms with Crippen molar-refractivity contribution in [2.45, 2.75) is 6.92 Å². The fourth-order valence-corrected chi connectivity index (χ4v) is 0.999. The van der Waals surface area contributed by atoms with Crippen LogP contribution >= 0.6 is 0 Å². The number of terminal acetylenes is 1. The molecule has 1 N–H and O–H groups in total. The van der Waals surface area contributed by atoms with Gasteiger partial charge in [-0.3, -0.25) is 0 Å². The number of nitrogens with zero attached hydrogens (tertiary/aromatic N) is 2. The van der Waals surface area contributed by atoms with Gasteiger partial charge in [-0.25, -0.2) is 14.8 Å². The van der Waals surface area contributed by atoms with Crippen molar-refractivity contribution < 1.29 is 9.53 Å². The maximum Gasteiger partial charge on any atom is 0.343 e. The van der Waals surface area contributed by atoms with Gasteiger partial charge in [0.2, 0.25) is 0 Å². The topological polar surface area (TPSA) is 64.1 Å². The molecule has 1 rings (SSSR count). The summed E-state index contributed by atoms with van der Waals surface area (Å²) >= 11 is 0. The normalized spacial score (nSPS) is 9.13. The van der Waals surface area contributed by atoms with Crippen LogP contribution in [-0.4, -0.2) is 29.6 Å². The summed E-state index contributed by atoms with van der Waals surface area (Å²) < 4.78 is 4.59. The standard InChI is InChI=1S/C10H11N3O2/c1-4-5-11-9-8(10(14)15-3)6-12-7(2)13-9/h1,6H,5H2,2-3H3,(H,11,12,13). The lowest BCUT2D eigenvalue weighted by atomic mass is 10.3. The van der Waals surface area contributed by atoms with E-state index < -0.39 is 5.97 Å². The van der Waals surface area contributed by atoms with Gasteiger partial charge >= 0.3 is 5.97 Å². The third-order valence-corrected chi connectivity index (χ3v) is 1.67. The maximum absolute atomic E-state index is 11.3. The van der Waals surface area contributed by atoms with E-state index in [9.17, 15) is 4.79 Å². The number of ether oxygens (including phenoxy) is 1. The molecule has 0 fully saturated rings. The predicted octanol–water partition coefficient (Wildman–Crippen LogP) is 0.617. The number of hydrogen-bond donors (Lipinski definition) is 1. The Labute approximate surface area is 87.9 Å². The third kappa shape index (κ3) is 2.68. The van der Waals surface area contributed by atoms with Crippen LogP contribution in [0.4, 0.5) is 5.82 Å². The predicted molar refractivity (Wildman–Crippen MR) is 55.4 cm³/mol. The molecule has 0 saturated carbocycles. The van der Waals surface area contributed by atoms with Crippen LogP contribution < -0.4 is 5.32 Å². The lowest BCUT2D eigenvalue weighted by molar-refractivity contribution is 0.0601. The van der Waals surface area contributed by atoms with Crippen molar-refractivity contribution in [1.29, 1.82) is 0 Å². The summed E-state index contributed by atoms with van der Waals surface area (Å²) in [6, 6.07) is 0. The Kier molecular flexibility index (Phi) is 3.63. The summed E-state index contributed by atoms with van der Waals surface area (Å²) in [5.74, 6) is 2.86. The van der Waals surface area contributed by atoms with Crippen molar-refractivity contribution in [1.82, 2.24) is 9.97 Å². The number of nitrogens with one attached hydrogen (secondary N) is 1. The minimum atomic E-state index is -0.491. The highest BCUT2D eigenvalue weighted by Crippen LogP contribution is 2.12. The van der Waals surface area contributed by atoms with Gasteiger partial charge < -0.3 is 10.1 Å². The molecule has 0 aliphatic heterocycles. The largest absolute Gasteiger partial charge is 0.465 e. The number of rotatable bonds is 3. The van der Waals surface area contributed by atoms with Crippen LogP contribution in [-0.2, 0) is 4.74 Å². The molecule has 5 heteroatoms. The second kappa shape index (κ2) is 4.96. The zero-order chi connectivity index (χ0) is 11.3. The van der Waals surface area contributed by atoms with Crippen molar-refractivity contribution in [3.05, 3.63) is 17.6 Å². The summed E-state index contributed by atoms with van der Waals surface area (Å²) in [7, 11) is 1.30. The Morgan fingerprint density at radius 1 is 1.73 bits per heavy atom. The van der Waals surface area contributed by atoms with E-state index in [1.807, 2.05) is 0 Å². The second-order valence-corrected chi connectivity index (χ2v) is 2.73. The molecule has 1 aromatic rings. The summed E-state index contributed by atoms with van der Waals surface area (Å²) in [4.78, 5) is 19.3. The van der Waals surface area contributed by atoms with Gasteiger partial charge in [-0.1, -0.05) is 5.92 Å². The molecule has 0 radical (unpaired) electrons. The molecule has 0 aromatic carbocycles. The van der Waals surface area contributed by atoms with Gasteiger partial charge in [0.1, 0.15) is 17.2 Å². The number of methoxy groups -OCH3 is 1. The molecular formula is C10H11N3O2. The van der Waals surface area contributed by atoms with Gasteiger partial charge in [0.05, 0.1) is 13.7 Å². The van der Waals surface area contributed by atoms with E-state index in [0.29, 0.717) is 18.2 Å². The molecule has 78 valence electrons. The van der Waals surface area contributed by atoms with E-state index in [4.69, 9.17) is 6.42 Å². The number of aryl methyl sites for hydroxylation is 1. The molecule has 0 aliphatic carbocycles. The van der Waals surface area contributed by atoms with Gasteiger partial charge in [-0.05, 0) is 6.92 Å². The first-order valence-corrected chi connectivity index (χ1v) is 4.28. The number of carbonyl (C=O) groups excluding carboxylic acids is 1. The van der Waals surface area contributed by atoms with E-state index >= 15 is 0 Å². The second-order valence-electron chi connectivity index (χ2n) is 2.73. The average molecular weight is 205 g/mol. The van der Waals surface area contributed by atoms with Crippen LogP contribution in [0.3, 0.4) is 0 Å². The molecule has 0 aliphatic rings. The summed E-state index contributed by atoms with van der Waals surface area (Å²) in [5, 5.41) is 2.83. The van der Waals surface area contributed by atoms with Crippen LogP contribution in [0.2, 0.25) is 0 Å². The summed E-state index contributed by atoms with van der Waals surface area (Å²) in [6.07, 6.45) is 6.51. The average Bonchev–Trinajstić information content (AvgIpc) is 2.25. The molecular weight excluding hydrogens is 194 g/mol. The summed E-state index contributed by atoms with van der Waals surface area (Å²) in [5.41, 5.74) is 0.276. The van der Waals surface area contributed by atoms with E-state index in [0.717, 1.165) is 0 Å². The molecule has 0 spiro atoms. The molecule has 1 aromatic heterocycles. The zero-order valence-electron chi connectivity index (χ0n) is 8.57. The van der Waals surface area contributed by atoms with Crippen molar-refractivity contribution >= 4 is 11.8 Å². The fraction of sp³-hybridized carbons (Fsp3) is 0.300. The van der Waals surface area contributed by atoms with Crippen LogP contribution in [0.15, 0.2) is 6.20 Å². The molecule has 0 amide bonds. The van der Waals surface area contributed by atoms with Crippen molar-refractivity contribution in [2.24, 2.45) is 0 Å². The zero-order valence-corrected chi connectivity index (χ0v) is 8.57. The molecule has 0 unspecified atom stereocenters.